The number of aromatic nitrogens is 2. The minimum atomic E-state index is 0.665. The number of likely N-dealkylation sites (tertiary alicyclic amines) is 1. The smallest absolute Gasteiger partial charge is 0.191 e. The third-order valence-corrected chi connectivity index (χ3v) is 5.50. The van der Waals surface area contributed by atoms with Crippen LogP contribution in [0.4, 0.5) is 0 Å². The Kier molecular flexibility index (Phi) is 7.69. The highest BCUT2D eigenvalue weighted by Gasteiger charge is 2.21. The average molecular weight is 397 g/mol. The van der Waals surface area contributed by atoms with Crippen LogP contribution in [0, 0.1) is 11.8 Å². The maximum atomic E-state index is 4.73. The fraction of sp³-hybridized carbons (Fsp3) is 0.565. The van der Waals surface area contributed by atoms with Crippen LogP contribution < -0.4 is 10.6 Å². The molecule has 0 spiro atoms. The van der Waals surface area contributed by atoms with Gasteiger partial charge in [-0.25, -0.2) is 4.99 Å². The summed E-state index contributed by atoms with van der Waals surface area (Å²) >= 11 is 0. The summed E-state index contributed by atoms with van der Waals surface area (Å²) < 4.78 is 1.87. The van der Waals surface area contributed by atoms with E-state index in [1.165, 1.54) is 30.6 Å². The molecule has 3 rings (SSSR count). The first-order valence-electron chi connectivity index (χ1n) is 10.8. The molecule has 1 saturated heterocycles. The van der Waals surface area contributed by atoms with Crippen molar-refractivity contribution in [2.45, 2.75) is 46.8 Å². The molecule has 0 bridgehead atoms. The molecule has 6 nitrogen and oxygen atoms in total. The Morgan fingerprint density at radius 2 is 1.76 bits per heavy atom. The number of guanidine groups is 1. The molecule has 1 aromatic carbocycles. The van der Waals surface area contributed by atoms with Crippen LogP contribution in [0.1, 0.15) is 44.0 Å². The van der Waals surface area contributed by atoms with Gasteiger partial charge in [0.15, 0.2) is 5.96 Å². The Balaban J connectivity index is 1.53. The van der Waals surface area contributed by atoms with Crippen molar-refractivity contribution in [3.63, 3.8) is 0 Å². The molecule has 6 heteroatoms. The molecule has 1 aliphatic rings. The third kappa shape index (κ3) is 6.60. The van der Waals surface area contributed by atoms with Gasteiger partial charge in [-0.2, -0.15) is 5.10 Å². The second-order valence-electron chi connectivity index (χ2n) is 8.45. The molecule has 2 atom stereocenters. The van der Waals surface area contributed by atoms with Crippen molar-refractivity contribution in [1.29, 1.82) is 0 Å². The lowest BCUT2D eigenvalue weighted by atomic mass is 9.91. The molecule has 0 amide bonds. The fourth-order valence-corrected chi connectivity index (χ4v) is 4.19. The van der Waals surface area contributed by atoms with Crippen LogP contribution in [-0.4, -0.2) is 40.3 Å². The molecule has 0 aliphatic carbocycles. The van der Waals surface area contributed by atoms with Crippen molar-refractivity contribution in [3.8, 4) is 0 Å². The number of aliphatic imine (C=N–C) groups is 1. The van der Waals surface area contributed by atoms with Gasteiger partial charge in [0.1, 0.15) is 0 Å². The molecular weight excluding hydrogens is 360 g/mol. The van der Waals surface area contributed by atoms with Gasteiger partial charge in [0.25, 0.3) is 0 Å². The quantitative estimate of drug-likeness (QED) is 0.558. The summed E-state index contributed by atoms with van der Waals surface area (Å²) in [7, 11) is 1.95. The highest BCUT2D eigenvalue weighted by molar-refractivity contribution is 5.79. The van der Waals surface area contributed by atoms with E-state index in [9.17, 15) is 0 Å². The number of benzene rings is 1. The van der Waals surface area contributed by atoms with Gasteiger partial charge in [-0.05, 0) is 42.4 Å². The molecule has 1 aliphatic heterocycles. The molecule has 2 aromatic rings. The Labute approximate surface area is 175 Å². The van der Waals surface area contributed by atoms with E-state index in [1.807, 2.05) is 24.0 Å². The monoisotopic (exact) mass is 396 g/mol. The van der Waals surface area contributed by atoms with E-state index in [0.29, 0.717) is 13.1 Å². The van der Waals surface area contributed by atoms with Crippen LogP contribution in [0.25, 0.3) is 0 Å². The van der Waals surface area contributed by atoms with Crippen molar-refractivity contribution in [2.75, 3.05) is 19.6 Å². The molecule has 2 N–H and O–H groups in total. The zero-order chi connectivity index (χ0) is 20.6. The lowest BCUT2D eigenvalue weighted by molar-refractivity contribution is 0.134. The molecule has 0 radical (unpaired) electrons. The lowest BCUT2D eigenvalue weighted by Crippen LogP contribution is -2.38. The largest absolute Gasteiger partial charge is 0.357 e. The lowest BCUT2D eigenvalue weighted by Gasteiger charge is -2.35. The third-order valence-electron chi connectivity index (χ3n) is 5.50. The normalized spacial score (nSPS) is 20.6. The van der Waals surface area contributed by atoms with Crippen molar-refractivity contribution in [2.24, 2.45) is 23.9 Å². The molecule has 2 unspecified atom stereocenters. The van der Waals surface area contributed by atoms with Crippen LogP contribution in [0.2, 0.25) is 0 Å². The van der Waals surface area contributed by atoms with Gasteiger partial charge in [0.2, 0.25) is 0 Å². The van der Waals surface area contributed by atoms with Gasteiger partial charge < -0.3 is 10.6 Å². The van der Waals surface area contributed by atoms with Crippen LogP contribution in [0.3, 0.4) is 0 Å². The van der Waals surface area contributed by atoms with Gasteiger partial charge in [0.05, 0.1) is 18.8 Å². The first-order valence-corrected chi connectivity index (χ1v) is 10.8. The maximum Gasteiger partial charge on any atom is 0.191 e. The van der Waals surface area contributed by atoms with Gasteiger partial charge in [-0.1, -0.05) is 38.1 Å². The Morgan fingerprint density at radius 1 is 1.07 bits per heavy atom. The van der Waals surface area contributed by atoms with E-state index in [2.05, 4.69) is 65.7 Å². The highest BCUT2D eigenvalue weighted by atomic mass is 15.3. The Hall–Kier alpha value is -2.34. The molecule has 29 heavy (non-hydrogen) atoms. The van der Waals surface area contributed by atoms with Gasteiger partial charge in [0, 0.05) is 39.4 Å². The Morgan fingerprint density at radius 3 is 2.38 bits per heavy atom. The maximum absolute atomic E-state index is 4.73. The van der Waals surface area contributed by atoms with E-state index < -0.39 is 0 Å². The van der Waals surface area contributed by atoms with Gasteiger partial charge in [-0.3, -0.25) is 9.58 Å². The Bertz CT molecular complexity index is 769. The zero-order valence-electron chi connectivity index (χ0n) is 18.4. The molecule has 1 aromatic heterocycles. The van der Waals surface area contributed by atoms with Crippen molar-refractivity contribution in [3.05, 3.63) is 53.3 Å². The first kappa shape index (κ1) is 21.4. The van der Waals surface area contributed by atoms with Gasteiger partial charge >= 0.3 is 0 Å². The highest BCUT2D eigenvalue weighted by Crippen LogP contribution is 2.22. The minimum absolute atomic E-state index is 0.665. The van der Waals surface area contributed by atoms with E-state index in [4.69, 9.17) is 4.99 Å². The van der Waals surface area contributed by atoms with Gasteiger partial charge in [-0.15, -0.1) is 0 Å². The first-order chi connectivity index (χ1) is 14.0. The number of nitrogens with zero attached hydrogens (tertiary/aromatic N) is 4. The van der Waals surface area contributed by atoms with E-state index in [0.717, 1.165) is 36.6 Å². The summed E-state index contributed by atoms with van der Waals surface area (Å²) in [4.78, 5) is 7.33. The van der Waals surface area contributed by atoms with Crippen molar-refractivity contribution in [1.82, 2.24) is 25.3 Å². The van der Waals surface area contributed by atoms with Crippen molar-refractivity contribution >= 4 is 5.96 Å². The molecule has 0 saturated carbocycles. The number of rotatable bonds is 7. The number of nitrogens with one attached hydrogen (secondary N) is 2. The fourth-order valence-electron chi connectivity index (χ4n) is 4.19. The molecule has 2 heterocycles. The summed E-state index contributed by atoms with van der Waals surface area (Å²) in [6.07, 6.45) is 3.17. The summed E-state index contributed by atoms with van der Waals surface area (Å²) in [6.45, 7) is 12.5. The van der Waals surface area contributed by atoms with Crippen LogP contribution >= 0.6 is 0 Å². The molecule has 1 fully saturated rings. The van der Waals surface area contributed by atoms with Crippen LogP contribution in [-0.2, 0) is 26.7 Å². The van der Waals surface area contributed by atoms with Crippen molar-refractivity contribution < 1.29 is 0 Å². The molecule has 158 valence electrons. The van der Waals surface area contributed by atoms with E-state index in [1.54, 1.807) is 0 Å². The number of hydrogen-bond acceptors (Lipinski definition) is 3. The van der Waals surface area contributed by atoms with Crippen LogP contribution in [0.5, 0.6) is 0 Å². The summed E-state index contributed by atoms with van der Waals surface area (Å²) in [5.74, 6) is 2.43. The second kappa shape index (κ2) is 10.4. The predicted molar refractivity (Wildman–Crippen MR) is 120 cm³/mol. The number of hydrogen-bond donors (Lipinski definition) is 2. The van der Waals surface area contributed by atoms with E-state index >= 15 is 0 Å². The number of aryl methyl sites for hydroxylation is 1. The standard InChI is InChI=1S/C23H36N6/c1-5-24-23(26-14-22-10-11-27-28(22)4)25-13-20-6-8-21(9-7-20)17-29-15-18(2)12-19(3)16-29/h6-11,18-19H,5,12-17H2,1-4H3,(H2,24,25,26). The SMILES string of the molecule is CCNC(=NCc1ccc(CN2CC(C)CC(C)C2)cc1)NCc1ccnn1C. The predicted octanol–water partition coefficient (Wildman–Crippen LogP) is 3.15. The topological polar surface area (TPSA) is 57.5 Å². The summed E-state index contributed by atoms with van der Waals surface area (Å²) in [6, 6.07) is 10.9. The number of piperidine rings is 1. The summed E-state index contributed by atoms with van der Waals surface area (Å²) in [5, 5.41) is 10.9. The van der Waals surface area contributed by atoms with E-state index in [-0.39, 0.29) is 0 Å². The average Bonchev–Trinajstić information content (AvgIpc) is 3.09. The minimum Gasteiger partial charge on any atom is -0.357 e. The second-order valence-corrected chi connectivity index (χ2v) is 8.45. The molecular formula is C23H36N6. The van der Waals surface area contributed by atoms with Crippen LogP contribution in [0.15, 0.2) is 41.5 Å². The zero-order valence-corrected chi connectivity index (χ0v) is 18.4. The summed E-state index contributed by atoms with van der Waals surface area (Å²) in [5.41, 5.74) is 3.74.